The topological polar surface area (TPSA) is 57.5 Å². The van der Waals surface area contributed by atoms with Gasteiger partial charge in [-0.2, -0.15) is 13.2 Å². The van der Waals surface area contributed by atoms with E-state index in [-0.39, 0.29) is 11.1 Å². The van der Waals surface area contributed by atoms with Crippen molar-refractivity contribution >= 4 is 5.97 Å². The summed E-state index contributed by atoms with van der Waals surface area (Å²) in [6, 6.07) is 4.04. The SMILES string of the molecule is CC(C)C(O)(c1ccc(C(=O)O)cc1)C(F)(F)F. The summed E-state index contributed by atoms with van der Waals surface area (Å²) in [5.41, 5.74) is -3.48. The highest BCUT2D eigenvalue weighted by Gasteiger charge is 2.56. The van der Waals surface area contributed by atoms with Crippen molar-refractivity contribution in [3.05, 3.63) is 35.4 Å². The van der Waals surface area contributed by atoms with E-state index in [4.69, 9.17) is 5.11 Å². The molecule has 0 saturated carbocycles. The molecule has 3 nitrogen and oxygen atoms in total. The molecule has 1 aromatic rings. The summed E-state index contributed by atoms with van der Waals surface area (Å²) in [4.78, 5) is 10.6. The Balaban J connectivity index is 3.28. The average Bonchev–Trinajstić information content (AvgIpc) is 2.26. The van der Waals surface area contributed by atoms with Crippen LogP contribution in [0, 0.1) is 5.92 Å². The highest BCUT2D eigenvalue weighted by atomic mass is 19.4. The van der Waals surface area contributed by atoms with Crippen molar-refractivity contribution in [1.82, 2.24) is 0 Å². The van der Waals surface area contributed by atoms with Crippen LogP contribution in [-0.4, -0.2) is 22.4 Å². The zero-order chi connectivity index (χ0) is 14.1. The molecule has 2 N–H and O–H groups in total. The fourth-order valence-electron chi connectivity index (χ4n) is 1.69. The number of aliphatic hydroxyl groups is 1. The molecule has 6 heteroatoms. The first-order valence-electron chi connectivity index (χ1n) is 5.23. The lowest BCUT2D eigenvalue weighted by molar-refractivity contribution is -0.283. The predicted molar refractivity (Wildman–Crippen MR) is 58.2 cm³/mol. The molecule has 0 aliphatic rings. The molecule has 100 valence electrons. The molecule has 1 rings (SSSR count). The third-order valence-corrected chi connectivity index (χ3v) is 2.84. The summed E-state index contributed by atoms with van der Waals surface area (Å²) in [5, 5.41) is 18.5. The molecule has 0 fully saturated rings. The summed E-state index contributed by atoms with van der Waals surface area (Å²) >= 11 is 0. The lowest BCUT2D eigenvalue weighted by Crippen LogP contribution is -2.46. The minimum atomic E-state index is -4.83. The number of halogens is 3. The molecule has 0 bridgehead atoms. The Morgan fingerprint density at radius 2 is 1.61 bits per heavy atom. The second-order valence-corrected chi connectivity index (χ2v) is 4.30. The zero-order valence-corrected chi connectivity index (χ0v) is 9.82. The first-order valence-corrected chi connectivity index (χ1v) is 5.23. The van der Waals surface area contributed by atoms with Crippen molar-refractivity contribution in [2.75, 3.05) is 0 Å². The third-order valence-electron chi connectivity index (χ3n) is 2.84. The van der Waals surface area contributed by atoms with Crippen molar-refractivity contribution in [2.45, 2.75) is 25.6 Å². The van der Waals surface area contributed by atoms with Crippen LogP contribution in [0.2, 0.25) is 0 Å². The first kappa shape index (κ1) is 14.5. The molecule has 1 atom stereocenters. The molecule has 0 heterocycles. The Hall–Kier alpha value is -1.56. The van der Waals surface area contributed by atoms with Gasteiger partial charge in [0, 0.05) is 0 Å². The molecule has 1 unspecified atom stereocenters. The van der Waals surface area contributed by atoms with Crippen molar-refractivity contribution in [3.63, 3.8) is 0 Å². The molecule has 18 heavy (non-hydrogen) atoms. The molecule has 0 saturated heterocycles. The Kier molecular flexibility index (Phi) is 3.71. The number of hydrogen-bond acceptors (Lipinski definition) is 2. The molecule has 0 radical (unpaired) electrons. The predicted octanol–water partition coefficient (Wildman–Crippen LogP) is 2.79. The zero-order valence-electron chi connectivity index (χ0n) is 9.82. The van der Waals surface area contributed by atoms with Gasteiger partial charge >= 0.3 is 12.1 Å². The lowest BCUT2D eigenvalue weighted by atomic mass is 9.82. The average molecular weight is 262 g/mol. The number of hydrogen-bond donors (Lipinski definition) is 2. The molecule has 0 aromatic heterocycles. The van der Waals surface area contributed by atoms with Crippen LogP contribution in [0.5, 0.6) is 0 Å². The second kappa shape index (κ2) is 4.61. The molecule has 1 aromatic carbocycles. The Morgan fingerprint density at radius 3 is 1.89 bits per heavy atom. The van der Waals surface area contributed by atoms with Crippen molar-refractivity contribution in [2.24, 2.45) is 5.92 Å². The molecular weight excluding hydrogens is 249 g/mol. The summed E-state index contributed by atoms with van der Waals surface area (Å²) in [6.07, 6.45) is -4.83. The molecule has 0 aliphatic carbocycles. The smallest absolute Gasteiger partial charge is 0.421 e. The van der Waals surface area contributed by atoms with E-state index in [1.165, 1.54) is 13.8 Å². The third kappa shape index (κ3) is 2.33. The number of alkyl halides is 3. The number of carboxylic acid groups (broad SMARTS) is 1. The van der Waals surface area contributed by atoms with Crippen LogP contribution in [0.3, 0.4) is 0 Å². The van der Waals surface area contributed by atoms with Crippen molar-refractivity contribution < 1.29 is 28.2 Å². The van der Waals surface area contributed by atoms with Gasteiger partial charge in [-0.05, 0) is 23.6 Å². The maximum absolute atomic E-state index is 12.9. The van der Waals surface area contributed by atoms with E-state index >= 15 is 0 Å². The molecular formula is C12H13F3O3. The van der Waals surface area contributed by atoms with Crippen LogP contribution in [-0.2, 0) is 5.60 Å². The van der Waals surface area contributed by atoms with Crippen LogP contribution in [0.1, 0.15) is 29.8 Å². The van der Waals surface area contributed by atoms with E-state index in [1.807, 2.05) is 0 Å². The van der Waals surface area contributed by atoms with Crippen molar-refractivity contribution in [3.8, 4) is 0 Å². The molecule has 0 amide bonds. The summed E-state index contributed by atoms with van der Waals surface area (Å²) in [5.74, 6) is -2.32. The number of rotatable bonds is 3. The summed E-state index contributed by atoms with van der Waals surface area (Å²) in [7, 11) is 0. The Morgan fingerprint density at radius 1 is 1.17 bits per heavy atom. The highest BCUT2D eigenvalue weighted by molar-refractivity contribution is 5.87. The molecule has 0 aliphatic heterocycles. The Bertz CT molecular complexity index is 437. The quantitative estimate of drug-likeness (QED) is 0.880. The van der Waals surface area contributed by atoms with Gasteiger partial charge in [0.05, 0.1) is 5.56 Å². The Labute approximate surface area is 102 Å². The maximum atomic E-state index is 12.9. The molecule has 0 spiro atoms. The largest absolute Gasteiger partial charge is 0.478 e. The van der Waals surface area contributed by atoms with E-state index in [2.05, 4.69) is 0 Å². The first-order chi connectivity index (χ1) is 8.10. The number of carboxylic acids is 1. The fourth-order valence-corrected chi connectivity index (χ4v) is 1.69. The van der Waals surface area contributed by atoms with Gasteiger partial charge in [0.25, 0.3) is 0 Å². The fraction of sp³-hybridized carbons (Fsp3) is 0.417. The summed E-state index contributed by atoms with van der Waals surface area (Å²) < 4.78 is 38.8. The van der Waals surface area contributed by atoms with E-state index in [9.17, 15) is 23.1 Å². The lowest BCUT2D eigenvalue weighted by Gasteiger charge is -2.34. The van der Waals surface area contributed by atoms with Gasteiger partial charge in [-0.25, -0.2) is 4.79 Å². The van der Waals surface area contributed by atoms with Crippen molar-refractivity contribution in [1.29, 1.82) is 0 Å². The maximum Gasteiger partial charge on any atom is 0.421 e. The second-order valence-electron chi connectivity index (χ2n) is 4.30. The van der Waals surface area contributed by atoms with E-state index in [1.54, 1.807) is 0 Å². The van der Waals surface area contributed by atoms with Crippen LogP contribution < -0.4 is 0 Å². The number of carbonyl (C=O) groups is 1. The van der Waals surface area contributed by atoms with E-state index < -0.39 is 23.7 Å². The van der Waals surface area contributed by atoms with E-state index in [0.717, 1.165) is 24.3 Å². The van der Waals surface area contributed by atoms with Gasteiger partial charge in [0.1, 0.15) is 0 Å². The van der Waals surface area contributed by atoms with Crippen LogP contribution in [0.15, 0.2) is 24.3 Å². The minimum Gasteiger partial charge on any atom is -0.478 e. The summed E-state index contributed by atoms with van der Waals surface area (Å²) in [6.45, 7) is 2.50. The van der Waals surface area contributed by atoms with Gasteiger partial charge in [-0.1, -0.05) is 26.0 Å². The van der Waals surface area contributed by atoms with Crippen LogP contribution in [0.25, 0.3) is 0 Å². The monoisotopic (exact) mass is 262 g/mol. The van der Waals surface area contributed by atoms with E-state index in [0.29, 0.717) is 0 Å². The highest BCUT2D eigenvalue weighted by Crippen LogP contribution is 2.44. The van der Waals surface area contributed by atoms with Crippen LogP contribution in [0.4, 0.5) is 13.2 Å². The van der Waals surface area contributed by atoms with Gasteiger partial charge < -0.3 is 10.2 Å². The number of benzene rings is 1. The van der Waals surface area contributed by atoms with Gasteiger partial charge in [0.15, 0.2) is 5.60 Å². The van der Waals surface area contributed by atoms with Gasteiger partial charge in [-0.3, -0.25) is 0 Å². The van der Waals surface area contributed by atoms with Gasteiger partial charge in [-0.15, -0.1) is 0 Å². The van der Waals surface area contributed by atoms with Gasteiger partial charge in [0.2, 0.25) is 0 Å². The normalized spacial score (nSPS) is 15.5. The van der Waals surface area contributed by atoms with Crippen LogP contribution >= 0.6 is 0 Å². The number of aromatic carboxylic acids is 1. The standard InChI is InChI=1S/C12H13F3O3/c1-7(2)11(18,12(13,14)15)9-5-3-8(4-6-9)10(16)17/h3-7,18H,1-2H3,(H,16,17). The minimum absolute atomic E-state index is 0.132.